The predicted octanol–water partition coefficient (Wildman–Crippen LogP) is 2.73. The van der Waals surface area contributed by atoms with Crippen LogP contribution in [0, 0.1) is 0 Å². The van der Waals surface area contributed by atoms with Gasteiger partial charge in [0.15, 0.2) is 5.78 Å². The molecule has 0 spiro atoms. The first kappa shape index (κ1) is 9.16. The molecular formula is C10H10OS2. The Hall–Kier alpha value is -0.410. The van der Waals surface area contributed by atoms with Gasteiger partial charge in [-0.1, -0.05) is 30.3 Å². The SMILES string of the molecule is O=C1CSC(c2ccccc2)SC1. The van der Waals surface area contributed by atoms with Crippen LogP contribution in [0.1, 0.15) is 10.1 Å². The fourth-order valence-corrected chi connectivity index (χ4v) is 3.73. The molecule has 68 valence electrons. The van der Waals surface area contributed by atoms with E-state index in [9.17, 15) is 4.79 Å². The normalized spacial score (nSPS) is 18.9. The van der Waals surface area contributed by atoms with Crippen molar-refractivity contribution in [3.63, 3.8) is 0 Å². The molecule has 0 radical (unpaired) electrons. The molecule has 1 aromatic carbocycles. The van der Waals surface area contributed by atoms with Crippen LogP contribution in [-0.4, -0.2) is 17.3 Å². The maximum absolute atomic E-state index is 11.0. The Morgan fingerprint density at radius 1 is 1.08 bits per heavy atom. The zero-order valence-corrected chi connectivity index (χ0v) is 8.74. The quantitative estimate of drug-likeness (QED) is 0.709. The summed E-state index contributed by atoms with van der Waals surface area (Å²) >= 11 is 3.48. The number of rotatable bonds is 1. The Kier molecular flexibility index (Phi) is 2.96. The third-order valence-corrected chi connectivity index (χ3v) is 4.81. The Morgan fingerprint density at radius 2 is 1.69 bits per heavy atom. The van der Waals surface area contributed by atoms with Crippen LogP contribution >= 0.6 is 23.5 Å². The zero-order chi connectivity index (χ0) is 9.10. The molecule has 0 amide bonds. The molecule has 3 heteroatoms. The van der Waals surface area contributed by atoms with Crippen molar-refractivity contribution in [1.82, 2.24) is 0 Å². The lowest BCUT2D eigenvalue weighted by atomic mass is 10.2. The molecule has 0 unspecified atom stereocenters. The number of ketones is 1. The van der Waals surface area contributed by atoms with E-state index < -0.39 is 0 Å². The topological polar surface area (TPSA) is 17.1 Å². The molecule has 2 rings (SSSR count). The third-order valence-electron chi connectivity index (χ3n) is 1.86. The van der Waals surface area contributed by atoms with Crippen molar-refractivity contribution in [3.05, 3.63) is 35.9 Å². The lowest BCUT2D eigenvalue weighted by molar-refractivity contribution is -0.114. The van der Waals surface area contributed by atoms with Crippen molar-refractivity contribution < 1.29 is 4.79 Å². The van der Waals surface area contributed by atoms with Gasteiger partial charge in [0.25, 0.3) is 0 Å². The smallest absolute Gasteiger partial charge is 0.152 e. The minimum Gasteiger partial charge on any atom is -0.298 e. The number of benzene rings is 1. The average molecular weight is 210 g/mol. The lowest BCUT2D eigenvalue weighted by Gasteiger charge is -2.20. The van der Waals surface area contributed by atoms with Crippen molar-refractivity contribution in [2.75, 3.05) is 11.5 Å². The Balaban J connectivity index is 2.07. The van der Waals surface area contributed by atoms with Gasteiger partial charge in [0.1, 0.15) is 0 Å². The maximum atomic E-state index is 11.0. The highest BCUT2D eigenvalue weighted by Crippen LogP contribution is 2.42. The summed E-state index contributed by atoms with van der Waals surface area (Å²) in [4.78, 5) is 11.0. The van der Waals surface area contributed by atoms with E-state index in [0.717, 1.165) is 0 Å². The van der Waals surface area contributed by atoms with Gasteiger partial charge >= 0.3 is 0 Å². The summed E-state index contributed by atoms with van der Waals surface area (Å²) in [6, 6.07) is 10.4. The molecule has 1 nitrogen and oxygen atoms in total. The number of thioether (sulfide) groups is 2. The second-order valence-corrected chi connectivity index (χ2v) is 5.39. The van der Waals surface area contributed by atoms with Crippen LogP contribution in [0.15, 0.2) is 30.3 Å². The van der Waals surface area contributed by atoms with E-state index >= 15 is 0 Å². The lowest BCUT2D eigenvalue weighted by Crippen LogP contribution is -2.12. The van der Waals surface area contributed by atoms with E-state index in [1.807, 2.05) is 18.2 Å². The van der Waals surface area contributed by atoms with Gasteiger partial charge in [-0.05, 0) is 5.56 Å². The summed E-state index contributed by atoms with van der Waals surface area (Å²) < 4.78 is 0.457. The van der Waals surface area contributed by atoms with Gasteiger partial charge < -0.3 is 0 Å². The van der Waals surface area contributed by atoms with E-state index in [0.29, 0.717) is 21.9 Å². The second-order valence-electron chi connectivity index (χ2n) is 2.90. The molecule has 0 aromatic heterocycles. The second kappa shape index (κ2) is 4.20. The molecular weight excluding hydrogens is 200 g/mol. The molecule has 0 atom stereocenters. The van der Waals surface area contributed by atoms with Crippen molar-refractivity contribution >= 4 is 29.3 Å². The summed E-state index contributed by atoms with van der Waals surface area (Å²) in [7, 11) is 0. The van der Waals surface area contributed by atoms with Gasteiger partial charge in [-0.2, -0.15) is 0 Å². The highest BCUT2D eigenvalue weighted by Gasteiger charge is 2.20. The van der Waals surface area contributed by atoms with Gasteiger partial charge in [-0.25, -0.2) is 0 Å². The van der Waals surface area contributed by atoms with Crippen molar-refractivity contribution in [1.29, 1.82) is 0 Å². The van der Waals surface area contributed by atoms with Crippen LogP contribution < -0.4 is 0 Å². The van der Waals surface area contributed by atoms with E-state index in [2.05, 4.69) is 12.1 Å². The van der Waals surface area contributed by atoms with Crippen LogP contribution in [0.2, 0.25) is 0 Å². The van der Waals surface area contributed by atoms with E-state index in [1.165, 1.54) is 5.56 Å². The van der Waals surface area contributed by atoms with Crippen LogP contribution in [-0.2, 0) is 4.79 Å². The number of carbonyl (C=O) groups excluding carboxylic acids is 1. The Morgan fingerprint density at radius 3 is 2.31 bits per heavy atom. The molecule has 0 bridgehead atoms. The third kappa shape index (κ3) is 2.29. The summed E-state index contributed by atoms with van der Waals surface area (Å²) in [5, 5.41) is 0. The predicted molar refractivity (Wildman–Crippen MR) is 59.1 cm³/mol. The molecule has 0 saturated carbocycles. The van der Waals surface area contributed by atoms with E-state index in [4.69, 9.17) is 0 Å². The molecule has 0 N–H and O–H groups in total. The number of hydrogen-bond acceptors (Lipinski definition) is 3. The van der Waals surface area contributed by atoms with Crippen LogP contribution in [0.3, 0.4) is 0 Å². The van der Waals surface area contributed by atoms with Gasteiger partial charge in [-0.15, -0.1) is 23.5 Å². The summed E-state index contributed by atoms with van der Waals surface area (Å²) in [5.41, 5.74) is 1.32. The maximum Gasteiger partial charge on any atom is 0.152 e. The summed E-state index contributed by atoms with van der Waals surface area (Å²) in [6.45, 7) is 0. The number of hydrogen-bond donors (Lipinski definition) is 0. The first-order valence-electron chi connectivity index (χ1n) is 4.16. The van der Waals surface area contributed by atoms with Gasteiger partial charge in [-0.3, -0.25) is 4.79 Å². The Labute approximate surface area is 86.3 Å². The minimum atomic E-state index is 0.363. The molecule has 1 aliphatic rings. The van der Waals surface area contributed by atoms with Crippen molar-refractivity contribution in [3.8, 4) is 0 Å². The highest BCUT2D eigenvalue weighted by molar-refractivity contribution is 8.18. The molecule has 13 heavy (non-hydrogen) atoms. The first-order valence-corrected chi connectivity index (χ1v) is 6.26. The molecule has 1 aromatic rings. The zero-order valence-electron chi connectivity index (χ0n) is 7.10. The molecule has 1 aliphatic heterocycles. The number of carbonyl (C=O) groups is 1. The minimum absolute atomic E-state index is 0.363. The molecule has 1 saturated heterocycles. The summed E-state index contributed by atoms with van der Waals surface area (Å²) in [6.07, 6.45) is 0. The van der Waals surface area contributed by atoms with Crippen LogP contribution in [0.25, 0.3) is 0 Å². The largest absolute Gasteiger partial charge is 0.298 e. The van der Waals surface area contributed by atoms with E-state index in [1.54, 1.807) is 23.5 Å². The van der Waals surface area contributed by atoms with Gasteiger partial charge in [0.05, 0.1) is 16.1 Å². The first-order chi connectivity index (χ1) is 6.36. The molecule has 0 aliphatic carbocycles. The molecule has 1 fully saturated rings. The standard InChI is InChI=1S/C10H10OS2/c11-9-6-12-10(13-7-9)8-4-2-1-3-5-8/h1-5,10H,6-7H2. The summed E-state index contributed by atoms with van der Waals surface area (Å²) in [5.74, 6) is 1.71. The fraction of sp³-hybridized carbons (Fsp3) is 0.300. The average Bonchev–Trinajstić information content (AvgIpc) is 2.20. The fourth-order valence-electron chi connectivity index (χ4n) is 1.23. The van der Waals surface area contributed by atoms with Crippen LogP contribution in [0.4, 0.5) is 0 Å². The van der Waals surface area contributed by atoms with Crippen molar-refractivity contribution in [2.24, 2.45) is 0 Å². The van der Waals surface area contributed by atoms with Gasteiger partial charge in [0, 0.05) is 0 Å². The highest BCUT2D eigenvalue weighted by atomic mass is 32.2. The van der Waals surface area contributed by atoms with Crippen molar-refractivity contribution in [2.45, 2.75) is 4.58 Å². The van der Waals surface area contributed by atoms with E-state index in [-0.39, 0.29) is 0 Å². The van der Waals surface area contributed by atoms with Gasteiger partial charge in [0.2, 0.25) is 0 Å². The molecule has 1 heterocycles. The number of Topliss-reactive ketones (excluding diaryl/α,β-unsaturated/α-hetero) is 1. The van der Waals surface area contributed by atoms with Crippen LogP contribution in [0.5, 0.6) is 0 Å². The monoisotopic (exact) mass is 210 g/mol. The Bertz CT molecular complexity index is 287.